The van der Waals surface area contributed by atoms with Crippen molar-refractivity contribution in [3.8, 4) is 22.3 Å². The van der Waals surface area contributed by atoms with Crippen LogP contribution in [0.5, 0.6) is 0 Å². The molecule has 2 heteroatoms. The van der Waals surface area contributed by atoms with Crippen LogP contribution in [0.2, 0.25) is 0 Å². The lowest BCUT2D eigenvalue weighted by molar-refractivity contribution is 0.195. The first-order valence-electron chi connectivity index (χ1n) is 22.8. The summed E-state index contributed by atoms with van der Waals surface area (Å²) in [5.41, 5.74) is 16.8. The van der Waals surface area contributed by atoms with Crippen LogP contribution in [-0.4, -0.2) is 11.1 Å². The second-order valence-electron chi connectivity index (χ2n) is 20.1. The van der Waals surface area contributed by atoms with Crippen LogP contribution >= 0.6 is 0 Å². The third kappa shape index (κ3) is 4.66. The normalized spacial score (nSPS) is 25.8. The van der Waals surface area contributed by atoms with E-state index < -0.39 is 0 Å². The molecule has 0 radical (unpaired) electrons. The molecule has 2 fully saturated rings. The van der Waals surface area contributed by atoms with Crippen molar-refractivity contribution in [1.29, 1.82) is 0 Å². The summed E-state index contributed by atoms with van der Waals surface area (Å²) in [5, 5.41) is 8.06. The van der Waals surface area contributed by atoms with Crippen molar-refractivity contribution in [3.05, 3.63) is 156 Å². The van der Waals surface area contributed by atoms with Gasteiger partial charge in [0.05, 0.1) is 11.1 Å². The van der Waals surface area contributed by atoms with Crippen LogP contribution in [0.3, 0.4) is 0 Å². The number of benzene rings is 8. The van der Waals surface area contributed by atoms with E-state index in [0.717, 1.165) is 0 Å². The van der Waals surface area contributed by atoms with Crippen LogP contribution in [0.25, 0.3) is 54.6 Å². The van der Waals surface area contributed by atoms with Gasteiger partial charge in [0.25, 0.3) is 0 Å². The Bertz CT molecular complexity index is 2760. The van der Waals surface area contributed by atoms with E-state index >= 15 is 0 Å². The van der Waals surface area contributed by atoms with Gasteiger partial charge in [-0.05, 0) is 203 Å². The maximum absolute atomic E-state index is 2.71. The summed E-state index contributed by atoms with van der Waals surface area (Å²) in [6.45, 7) is 14.9. The standard InChI is InChI=1S/C58H56N2/c1-37-29-43(35-49-53(37)59(47-17-9-7-10-18-47)57(5)27-15-13-25-55(49,57)3)45-31-39-21-23-41-33-46(34-42-24-22-40(32-45)51(39)52(41)42)44-30-38(2)54-50(36-44)56(4)26-14-16-28-58(56,6)60(54)48-19-11-8-12-20-48/h7-12,17-24,29-36H,13-16,25-28H2,1-6H3. The highest BCUT2D eigenvalue weighted by molar-refractivity contribution is 6.24. The fraction of sp³-hybridized carbons (Fsp3) is 0.310. The molecule has 4 atom stereocenters. The Morgan fingerprint density at radius 1 is 0.383 bits per heavy atom. The Labute approximate surface area is 356 Å². The van der Waals surface area contributed by atoms with Gasteiger partial charge in [0.1, 0.15) is 0 Å². The van der Waals surface area contributed by atoms with E-state index in [2.05, 4.69) is 185 Å². The zero-order valence-corrected chi connectivity index (χ0v) is 36.3. The molecule has 8 aromatic rings. The molecule has 4 unspecified atom stereocenters. The lowest BCUT2D eigenvalue weighted by Gasteiger charge is -2.50. The Hall–Kier alpha value is -5.60. The molecule has 0 bridgehead atoms. The van der Waals surface area contributed by atoms with E-state index in [9.17, 15) is 0 Å². The first-order valence-corrected chi connectivity index (χ1v) is 22.8. The second kappa shape index (κ2) is 12.5. The zero-order chi connectivity index (χ0) is 40.8. The van der Waals surface area contributed by atoms with Crippen LogP contribution in [-0.2, 0) is 10.8 Å². The topological polar surface area (TPSA) is 6.48 Å². The maximum atomic E-state index is 2.71. The van der Waals surface area contributed by atoms with Gasteiger partial charge in [-0.15, -0.1) is 0 Å². The number of hydrogen-bond donors (Lipinski definition) is 0. The molecule has 2 heterocycles. The summed E-state index contributed by atoms with van der Waals surface area (Å²) >= 11 is 0. The third-order valence-electron chi connectivity index (χ3n) is 17.0. The molecule has 8 aromatic carbocycles. The van der Waals surface area contributed by atoms with Crippen LogP contribution in [0.4, 0.5) is 22.7 Å². The number of aryl methyl sites for hydroxylation is 2. The highest BCUT2D eigenvalue weighted by Crippen LogP contribution is 2.64. The summed E-state index contributed by atoms with van der Waals surface area (Å²) in [6, 6.07) is 51.8. The third-order valence-corrected chi connectivity index (χ3v) is 17.0. The minimum absolute atomic E-state index is 0.0417. The Balaban J connectivity index is 0.970. The summed E-state index contributed by atoms with van der Waals surface area (Å²) in [6.07, 6.45) is 10.0. The second-order valence-corrected chi connectivity index (χ2v) is 20.1. The number of para-hydroxylation sites is 2. The first-order chi connectivity index (χ1) is 29.0. The van der Waals surface area contributed by atoms with Gasteiger partial charge < -0.3 is 9.80 Å². The lowest BCUT2D eigenvalue weighted by Crippen LogP contribution is -2.54. The molecular weight excluding hydrogens is 725 g/mol. The van der Waals surface area contributed by atoms with Crippen LogP contribution in [0, 0.1) is 13.8 Å². The molecule has 0 spiro atoms. The van der Waals surface area contributed by atoms with E-state index in [1.807, 2.05) is 0 Å². The van der Waals surface area contributed by atoms with Crippen molar-refractivity contribution in [1.82, 2.24) is 0 Å². The van der Waals surface area contributed by atoms with Crippen molar-refractivity contribution in [2.24, 2.45) is 0 Å². The van der Waals surface area contributed by atoms with E-state index in [0.29, 0.717) is 0 Å². The minimum Gasteiger partial charge on any atom is -0.334 e. The van der Waals surface area contributed by atoms with Gasteiger partial charge in [-0.3, -0.25) is 0 Å². The molecule has 2 aliphatic carbocycles. The summed E-state index contributed by atoms with van der Waals surface area (Å²) in [4.78, 5) is 5.43. The van der Waals surface area contributed by atoms with Gasteiger partial charge in [0.15, 0.2) is 0 Å². The highest BCUT2D eigenvalue weighted by atomic mass is 15.3. The Morgan fingerprint density at radius 2 is 0.717 bits per heavy atom. The number of hydrogen-bond acceptors (Lipinski definition) is 2. The smallest absolute Gasteiger partial charge is 0.0518 e. The Morgan fingerprint density at radius 3 is 1.08 bits per heavy atom. The molecule has 0 saturated heterocycles. The van der Waals surface area contributed by atoms with Crippen molar-refractivity contribution >= 4 is 55.1 Å². The predicted octanol–water partition coefficient (Wildman–Crippen LogP) is 16.0. The number of anilines is 4. The summed E-state index contributed by atoms with van der Waals surface area (Å²) < 4.78 is 0. The highest BCUT2D eigenvalue weighted by Gasteiger charge is 2.59. The van der Waals surface area contributed by atoms with Gasteiger partial charge in [0, 0.05) is 33.6 Å². The van der Waals surface area contributed by atoms with Gasteiger partial charge >= 0.3 is 0 Å². The van der Waals surface area contributed by atoms with Gasteiger partial charge in [-0.1, -0.05) is 100 Å². The number of nitrogens with zero attached hydrogens (tertiary/aromatic N) is 2. The van der Waals surface area contributed by atoms with Gasteiger partial charge in [-0.2, -0.15) is 0 Å². The average molecular weight is 781 g/mol. The fourth-order valence-corrected chi connectivity index (χ4v) is 13.5. The van der Waals surface area contributed by atoms with Crippen molar-refractivity contribution in [2.45, 2.75) is 115 Å². The van der Waals surface area contributed by atoms with E-state index in [1.54, 1.807) is 0 Å². The van der Waals surface area contributed by atoms with Crippen molar-refractivity contribution in [3.63, 3.8) is 0 Å². The molecule has 2 nitrogen and oxygen atoms in total. The molecule has 60 heavy (non-hydrogen) atoms. The molecule has 0 N–H and O–H groups in total. The molecule has 4 aliphatic rings. The number of fused-ring (bicyclic) bond motifs is 6. The molecular formula is C58H56N2. The van der Waals surface area contributed by atoms with Crippen molar-refractivity contribution in [2.75, 3.05) is 9.80 Å². The molecule has 12 rings (SSSR count). The average Bonchev–Trinajstić information content (AvgIpc) is 3.61. The largest absolute Gasteiger partial charge is 0.334 e. The number of rotatable bonds is 4. The maximum Gasteiger partial charge on any atom is 0.0518 e. The Kier molecular flexibility index (Phi) is 7.54. The van der Waals surface area contributed by atoms with E-state index in [-0.39, 0.29) is 21.9 Å². The first kappa shape index (κ1) is 36.3. The molecule has 298 valence electrons. The molecule has 2 saturated carbocycles. The fourth-order valence-electron chi connectivity index (χ4n) is 13.5. The van der Waals surface area contributed by atoms with Crippen LogP contribution < -0.4 is 9.80 Å². The zero-order valence-electron chi connectivity index (χ0n) is 36.3. The summed E-state index contributed by atoms with van der Waals surface area (Å²) in [5.74, 6) is 0. The predicted molar refractivity (Wildman–Crippen MR) is 256 cm³/mol. The monoisotopic (exact) mass is 780 g/mol. The van der Waals surface area contributed by atoms with Gasteiger partial charge in [0.2, 0.25) is 0 Å². The van der Waals surface area contributed by atoms with Crippen molar-refractivity contribution < 1.29 is 0 Å². The van der Waals surface area contributed by atoms with Crippen LogP contribution in [0.15, 0.2) is 133 Å². The van der Waals surface area contributed by atoms with E-state index in [4.69, 9.17) is 0 Å². The summed E-state index contributed by atoms with van der Waals surface area (Å²) in [7, 11) is 0. The molecule has 0 aromatic heterocycles. The van der Waals surface area contributed by atoms with Crippen LogP contribution in [0.1, 0.15) is 101 Å². The molecule has 2 aliphatic heterocycles. The SMILES string of the molecule is Cc1cc(-c2cc3ccc4cc(-c5cc(C)c6c(c5)C5(C)CCCCC5(C)N6c5ccccc5)cc5ccc(c2)c3c45)cc2c1N(c1ccccc1)C1(C)CCCCC21C. The molecule has 0 amide bonds. The minimum atomic E-state index is 0.0417. The van der Waals surface area contributed by atoms with E-state index in [1.165, 1.54) is 151 Å². The quantitative estimate of drug-likeness (QED) is 0.164. The van der Waals surface area contributed by atoms with Gasteiger partial charge in [-0.25, -0.2) is 0 Å². The lowest BCUT2D eigenvalue weighted by atomic mass is 9.61.